The van der Waals surface area contributed by atoms with Crippen molar-refractivity contribution in [2.45, 2.75) is 32.5 Å². The summed E-state index contributed by atoms with van der Waals surface area (Å²) in [5.41, 5.74) is -0.0221. The van der Waals surface area contributed by atoms with Crippen LogP contribution in [0.5, 0.6) is 0 Å². The molecule has 1 unspecified atom stereocenters. The molecule has 5 nitrogen and oxygen atoms in total. The van der Waals surface area contributed by atoms with Crippen LogP contribution >= 0.6 is 11.3 Å². The van der Waals surface area contributed by atoms with E-state index >= 15 is 0 Å². The number of nitrogens with one attached hydrogen (secondary N) is 2. The van der Waals surface area contributed by atoms with Crippen LogP contribution in [0, 0.1) is 6.92 Å². The van der Waals surface area contributed by atoms with Gasteiger partial charge in [-0.25, -0.2) is 4.98 Å². The minimum Gasteiger partial charge on any atom is -0.341 e. The second-order valence-corrected chi connectivity index (χ2v) is 5.33. The number of nitrogens with zero attached hydrogens (tertiary/aromatic N) is 2. The molecule has 0 aliphatic heterocycles. The number of halogens is 3. The van der Waals surface area contributed by atoms with Gasteiger partial charge in [-0.3, -0.25) is 9.89 Å². The lowest BCUT2D eigenvalue weighted by Gasteiger charge is -2.13. The van der Waals surface area contributed by atoms with E-state index in [-0.39, 0.29) is 10.7 Å². The molecule has 0 aromatic carbocycles. The van der Waals surface area contributed by atoms with Gasteiger partial charge in [0.2, 0.25) is 0 Å². The van der Waals surface area contributed by atoms with Gasteiger partial charge in [0.1, 0.15) is 10.7 Å². The molecule has 0 aliphatic rings. The Kier molecular flexibility index (Phi) is 4.31. The molecule has 0 bridgehead atoms. The Hall–Kier alpha value is -1.90. The van der Waals surface area contributed by atoms with Crippen LogP contribution in [0.4, 0.5) is 13.2 Å². The van der Waals surface area contributed by atoms with Crippen LogP contribution in [0.25, 0.3) is 0 Å². The molecule has 21 heavy (non-hydrogen) atoms. The van der Waals surface area contributed by atoms with E-state index in [4.69, 9.17) is 0 Å². The number of H-pyrrole nitrogens is 1. The minimum absolute atomic E-state index is 0.193. The Morgan fingerprint density at radius 2 is 2.24 bits per heavy atom. The number of thiazole rings is 1. The molecule has 2 aromatic heterocycles. The number of alkyl halides is 3. The van der Waals surface area contributed by atoms with Crippen LogP contribution in [0.1, 0.15) is 46.3 Å². The van der Waals surface area contributed by atoms with Crippen molar-refractivity contribution < 1.29 is 18.0 Å². The minimum atomic E-state index is -4.48. The number of aryl methyl sites for hydroxylation is 1. The summed E-state index contributed by atoms with van der Waals surface area (Å²) in [7, 11) is 0. The third-order valence-corrected chi connectivity index (χ3v) is 3.72. The number of aromatic amines is 1. The number of rotatable bonds is 4. The van der Waals surface area contributed by atoms with Crippen LogP contribution in [0.15, 0.2) is 11.4 Å². The van der Waals surface area contributed by atoms with Gasteiger partial charge in [-0.05, 0) is 19.4 Å². The Balaban J connectivity index is 2.13. The molecule has 0 saturated heterocycles. The van der Waals surface area contributed by atoms with E-state index in [0.29, 0.717) is 6.42 Å². The molecule has 9 heteroatoms. The third-order valence-electron chi connectivity index (χ3n) is 2.76. The number of carbonyl (C=O) groups excluding carboxylic acids is 1. The lowest BCUT2D eigenvalue weighted by Crippen LogP contribution is -2.28. The average molecular weight is 318 g/mol. The fourth-order valence-corrected chi connectivity index (χ4v) is 2.64. The number of hydrogen-bond acceptors (Lipinski definition) is 4. The number of aromatic nitrogens is 3. The van der Waals surface area contributed by atoms with Gasteiger partial charge >= 0.3 is 6.18 Å². The van der Waals surface area contributed by atoms with Gasteiger partial charge < -0.3 is 5.32 Å². The molecular formula is C12H13F3N4OS. The average Bonchev–Trinajstić information content (AvgIpc) is 3.03. The maximum absolute atomic E-state index is 12.5. The van der Waals surface area contributed by atoms with E-state index in [1.807, 2.05) is 0 Å². The smallest absolute Gasteiger partial charge is 0.341 e. The predicted octanol–water partition coefficient (Wildman–Crippen LogP) is 3.07. The molecule has 0 saturated carbocycles. The maximum atomic E-state index is 12.5. The Morgan fingerprint density at radius 1 is 1.52 bits per heavy atom. The number of hydrogen-bond donors (Lipinski definition) is 2. The quantitative estimate of drug-likeness (QED) is 0.910. The standard InChI is InChI=1S/C12H13F3N4OS/c1-3-7(11-17-9(5-21-11)12(13,14)15)16-10(20)8-4-6(2)18-19-8/h4-5,7H,3H2,1-2H3,(H,16,20)(H,18,19). The Morgan fingerprint density at radius 3 is 2.71 bits per heavy atom. The molecule has 2 heterocycles. The summed E-state index contributed by atoms with van der Waals surface area (Å²) < 4.78 is 37.6. The van der Waals surface area contributed by atoms with E-state index in [2.05, 4.69) is 20.5 Å². The number of amides is 1. The molecule has 2 aromatic rings. The molecule has 0 radical (unpaired) electrons. The zero-order valence-corrected chi connectivity index (χ0v) is 12.1. The van der Waals surface area contributed by atoms with Crippen molar-refractivity contribution in [3.63, 3.8) is 0 Å². The van der Waals surface area contributed by atoms with Gasteiger partial charge in [-0.2, -0.15) is 18.3 Å². The van der Waals surface area contributed by atoms with Crippen molar-refractivity contribution in [2.24, 2.45) is 0 Å². The van der Waals surface area contributed by atoms with Gasteiger partial charge in [0.05, 0.1) is 6.04 Å². The first kappa shape index (κ1) is 15.5. The van der Waals surface area contributed by atoms with Crippen molar-refractivity contribution in [2.75, 3.05) is 0 Å². The first-order valence-electron chi connectivity index (χ1n) is 6.16. The molecule has 0 fully saturated rings. The zero-order valence-electron chi connectivity index (χ0n) is 11.3. The molecule has 2 N–H and O–H groups in total. The van der Waals surface area contributed by atoms with Crippen LogP contribution in [-0.2, 0) is 6.18 Å². The van der Waals surface area contributed by atoms with E-state index in [9.17, 15) is 18.0 Å². The highest BCUT2D eigenvalue weighted by Gasteiger charge is 2.34. The molecular weight excluding hydrogens is 305 g/mol. The van der Waals surface area contributed by atoms with Gasteiger partial charge in [0.15, 0.2) is 5.69 Å². The van der Waals surface area contributed by atoms with Crippen molar-refractivity contribution in [1.29, 1.82) is 0 Å². The van der Waals surface area contributed by atoms with Crippen LogP contribution in [0.2, 0.25) is 0 Å². The molecule has 1 amide bonds. The second-order valence-electron chi connectivity index (χ2n) is 4.44. The normalized spacial score (nSPS) is 13.2. The summed E-state index contributed by atoms with van der Waals surface area (Å²) in [6, 6.07) is 0.987. The van der Waals surface area contributed by atoms with Crippen LogP contribution in [-0.4, -0.2) is 21.1 Å². The van der Waals surface area contributed by atoms with Gasteiger partial charge in [0.25, 0.3) is 5.91 Å². The van der Waals surface area contributed by atoms with Gasteiger partial charge in [0, 0.05) is 11.1 Å². The fraction of sp³-hybridized carbons (Fsp3) is 0.417. The van der Waals surface area contributed by atoms with Crippen LogP contribution < -0.4 is 5.32 Å². The lowest BCUT2D eigenvalue weighted by molar-refractivity contribution is -0.140. The Bertz CT molecular complexity index is 634. The van der Waals surface area contributed by atoms with Crippen LogP contribution in [0.3, 0.4) is 0 Å². The van der Waals surface area contributed by atoms with Crippen molar-refractivity contribution in [3.8, 4) is 0 Å². The van der Waals surface area contributed by atoms with Crippen molar-refractivity contribution in [3.05, 3.63) is 33.5 Å². The molecule has 0 spiro atoms. The first-order chi connectivity index (χ1) is 9.81. The van der Waals surface area contributed by atoms with E-state index in [1.54, 1.807) is 19.9 Å². The highest BCUT2D eigenvalue weighted by atomic mass is 32.1. The van der Waals surface area contributed by atoms with E-state index < -0.39 is 23.8 Å². The fourth-order valence-electron chi connectivity index (χ4n) is 1.68. The monoisotopic (exact) mass is 318 g/mol. The summed E-state index contributed by atoms with van der Waals surface area (Å²) in [5.74, 6) is -0.449. The van der Waals surface area contributed by atoms with Crippen molar-refractivity contribution >= 4 is 17.2 Å². The molecule has 1 atom stereocenters. The highest BCUT2D eigenvalue weighted by Crippen LogP contribution is 2.32. The van der Waals surface area contributed by atoms with Gasteiger partial charge in [-0.1, -0.05) is 6.92 Å². The summed E-state index contributed by atoms with van der Waals surface area (Å²) in [6.45, 7) is 3.51. The topological polar surface area (TPSA) is 70.7 Å². The number of carbonyl (C=O) groups is 1. The highest BCUT2D eigenvalue weighted by molar-refractivity contribution is 7.09. The summed E-state index contributed by atoms with van der Waals surface area (Å²) in [4.78, 5) is 15.5. The summed E-state index contributed by atoms with van der Waals surface area (Å²) >= 11 is 0.877. The predicted molar refractivity (Wildman–Crippen MR) is 70.9 cm³/mol. The third kappa shape index (κ3) is 3.60. The first-order valence-corrected chi connectivity index (χ1v) is 7.04. The van der Waals surface area contributed by atoms with E-state index in [0.717, 1.165) is 22.4 Å². The largest absolute Gasteiger partial charge is 0.434 e. The van der Waals surface area contributed by atoms with Crippen molar-refractivity contribution in [1.82, 2.24) is 20.5 Å². The SMILES string of the molecule is CCC(NC(=O)c1cc(C)[nH]n1)c1nc(C(F)(F)F)cs1. The van der Waals surface area contributed by atoms with E-state index in [1.165, 1.54) is 0 Å². The Labute approximate surface area is 122 Å². The molecule has 0 aliphatic carbocycles. The van der Waals surface area contributed by atoms with Gasteiger partial charge in [-0.15, -0.1) is 11.3 Å². The summed E-state index contributed by atoms with van der Waals surface area (Å²) in [6.07, 6.45) is -4.05. The lowest BCUT2D eigenvalue weighted by atomic mass is 10.2. The second kappa shape index (κ2) is 5.84. The zero-order chi connectivity index (χ0) is 15.6. The maximum Gasteiger partial charge on any atom is 0.434 e. The molecule has 114 valence electrons. The molecule has 2 rings (SSSR count). The summed E-state index contributed by atoms with van der Waals surface area (Å²) in [5, 5.41) is 10.3.